The van der Waals surface area contributed by atoms with E-state index in [1.54, 1.807) is 24.1 Å². The third-order valence-corrected chi connectivity index (χ3v) is 8.21. The molecule has 0 aliphatic heterocycles. The molecule has 0 heterocycles. The largest absolute Gasteiger partial charge is 0.497 e. The second-order valence-electron chi connectivity index (χ2n) is 10.3. The van der Waals surface area contributed by atoms with Gasteiger partial charge in [0.05, 0.1) is 19.1 Å². The Balaban J connectivity index is 1.92. The van der Waals surface area contributed by atoms with Gasteiger partial charge >= 0.3 is 0 Å². The van der Waals surface area contributed by atoms with Crippen molar-refractivity contribution in [2.24, 2.45) is 0 Å². The quantitative estimate of drug-likeness (QED) is 0.268. The molecule has 0 spiro atoms. The molecule has 0 unspecified atom stereocenters. The van der Waals surface area contributed by atoms with Crippen LogP contribution in [0.15, 0.2) is 78.9 Å². The number of rotatable bonds is 15. The summed E-state index contributed by atoms with van der Waals surface area (Å²) in [6.45, 7) is 3.93. The molecule has 0 aliphatic rings. The highest BCUT2D eigenvalue weighted by Crippen LogP contribution is 2.23. The molecular formula is C32H40FN3O5S. The maximum Gasteiger partial charge on any atom is 0.243 e. The fraction of sp³-hybridized carbons (Fsp3) is 0.375. The van der Waals surface area contributed by atoms with E-state index in [0.717, 1.165) is 28.1 Å². The normalized spacial score (nSPS) is 12.7. The zero-order valence-corrected chi connectivity index (χ0v) is 25.4. The number of ether oxygens (including phenoxy) is 1. The van der Waals surface area contributed by atoms with Crippen LogP contribution < -0.4 is 14.4 Å². The number of carbonyl (C=O) groups is 2. The van der Waals surface area contributed by atoms with Crippen molar-refractivity contribution in [2.45, 2.75) is 58.2 Å². The van der Waals surface area contributed by atoms with Crippen molar-refractivity contribution in [1.82, 2.24) is 10.2 Å². The molecule has 3 rings (SSSR count). The minimum atomic E-state index is -3.81. The minimum Gasteiger partial charge on any atom is -0.497 e. The van der Waals surface area contributed by atoms with Crippen LogP contribution >= 0.6 is 0 Å². The van der Waals surface area contributed by atoms with E-state index in [1.165, 1.54) is 18.2 Å². The van der Waals surface area contributed by atoms with Gasteiger partial charge in [0.15, 0.2) is 0 Å². The van der Waals surface area contributed by atoms with Crippen LogP contribution in [0.25, 0.3) is 0 Å². The number of hydrogen-bond donors (Lipinski definition) is 1. The lowest BCUT2D eigenvalue weighted by molar-refractivity contribution is -0.141. The van der Waals surface area contributed by atoms with E-state index in [-0.39, 0.29) is 49.5 Å². The topological polar surface area (TPSA) is 96.0 Å². The Morgan fingerprint density at radius 2 is 1.64 bits per heavy atom. The minimum absolute atomic E-state index is 0.0493. The van der Waals surface area contributed by atoms with Gasteiger partial charge in [-0.05, 0) is 55.2 Å². The zero-order chi connectivity index (χ0) is 30.7. The molecule has 0 saturated heterocycles. The number of anilines is 1. The Morgan fingerprint density at radius 3 is 2.29 bits per heavy atom. The van der Waals surface area contributed by atoms with E-state index in [1.807, 2.05) is 62.4 Å². The number of halogens is 1. The van der Waals surface area contributed by atoms with Gasteiger partial charge in [-0.15, -0.1) is 0 Å². The van der Waals surface area contributed by atoms with Crippen LogP contribution in [-0.4, -0.2) is 57.1 Å². The summed E-state index contributed by atoms with van der Waals surface area (Å²) in [6, 6.07) is 21.5. The van der Waals surface area contributed by atoms with Gasteiger partial charge in [0.25, 0.3) is 0 Å². The summed E-state index contributed by atoms with van der Waals surface area (Å²) in [6.07, 6.45) is 2.10. The molecule has 0 saturated carbocycles. The second-order valence-corrected chi connectivity index (χ2v) is 12.2. The zero-order valence-electron chi connectivity index (χ0n) is 24.6. The Morgan fingerprint density at radius 1 is 0.976 bits per heavy atom. The van der Waals surface area contributed by atoms with E-state index >= 15 is 0 Å². The molecule has 8 nitrogen and oxygen atoms in total. The van der Waals surface area contributed by atoms with Crippen LogP contribution in [0.1, 0.15) is 44.2 Å². The third kappa shape index (κ3) is 9.30. The Hall–Kier alpha value is -3.92. The maximum atomic E-state index is 14.5. The van der Waals surface area contributed by atoms with Crippen LogP contribution in [-0.2, 0) is 32.6 Å². The first-order chi connectivity index (χ1) is 20.0. The highest BCUT2D eigenvalue weighted by atomic mass is 32.2. The van der Waals surface area contributed by atoms with Crippen LogP contribution in [0.5, 0.6) is 5.75 Å². The number of amides is 2. The van der Waals surface area contributed by atoms with Gasteiger partial charge < -0.3 is 15.0 Å². The van der Waals surface area contributed by atoms with Crippen molar-refractivity contribution >= 4 is 27.5 Å². The van der Waals surface area contributed by atoms with Gasteiger partial charge in [-0.3, -0.25) is 13.9 Å². The Bertz CT molecular complexity index is 1430. The summed E-state index contributed by atoms with van der Waals surface area (Å²) in [4.78, 5) is 29.1. The predicted molar refractivity (Wildman–Crippen MR) is 163 cm³/mol. The van der Waals surface area contributed by atoms with Crippen molar-refractivity contribution in [3.05, 3.63) is 95.8 Å². The number of nitrogens with one attached hydrogen (secondary N) is 1. The number of benzene rings is 3. The summed E-state index contributed by atoms with van der Waals surface area (Å²) < 4.78 is 45.9. The number of hydrogen-bond acceptors (Lipinski definition) is 5. The maximum absolute atomic E-state index is 14.5. The molecule has 0 aliphatic carbocycles. The van der Waals surface area contributed by atoms with E-state index in [0.29, 0.717) is 12.2 Å². The van der Waals surface area contributed by atoms with Crippen molar-refractivity contribution in [1.29, 1.82) is 0 Å². The summed E-state index contributed by atoms with van der Waals surface area (Å²) in [5.74, 6) is -0.635. The molecule has 3 aromatic rings. The van der Waals surface area contributed by atoms with Gasteiger partial charge in [0, 0.05) is 32.0 Å². The first kappa shape index (κ1) is 32.6. The lowest BCUT2D eigenvalue weighted by Crippen LogP contribution is -2.52. The first-order valence-corrected chi connectivity index (χ1v) is 15.9. The van der Waals surface area contributed by atoms with Gasteiger partial charge in [-0.1, -0.05) is 61.5 Å². The Labute approximate surface area is 248 Å². The molecule has 0 fully saturated rings. The molecule has 10 heteroatoms. The average molecular weight is 598 g/mol. The van der Waals surface area contributed by atoms with E-state index < -0.39 is 21.9 Å². The van der Waals surface area contributed by atoms with E-state index in [9.17, 15) is 22.4 Å². The molecule has 0 aromatic heterocycles. The van der Waals surface area contributed by atoms with Gasteiger partial charge in [-0.25, -0.2) is 12.8 Å². The molecule has 2 amide bonds. The standard InChI is InChI=1S/C32H40FN3O5S/c1-5-24(2)34-32(38)30(22-25-13-7-6-8-14-25)35(23-26-15-11-16-27(21-26)41-3)31(37)19-12-20-36(42(4,39)40)29-18-10-9-17-28(29)33/h6-11,13-18,21,24,30H,5,12,19-20,22-23H2,1-4H3,(H,34,38)/t24-,30-/m1/s1. The predicted octanol–water partition coefficient (Wildman–Crippen LogP) is 4.94. The van der Waals surface area contributed by atoms with Crippen molar-refractivity contribution in [3.63, 3.8) is 0 Å². The number of para-hydroxylation sites is 1. The highest BCUT2D eigenvalue weighted by Gasteiger charge is 2.31. The SMILES string of the molecule is CC[C@@H](C)NC(=O)[C@@H](Cc1ccccc1)N(Cc1cccc(OC)c1)C(=O)CCCN(c1ccccc1F)S(C)(=O)=O. The molecule has 226 valence electrons. The number of methoxy groups -OCH3 is 1. The number of sulfonamides is 1. The molecule has 0 bridgehead atoms. The molecule has 2 atom stereocenters. The van der Waals surface area contributed by atoms with Crippen LogP contribution in [0, 0.1) is 5.82 Å². The van der Waals surface area contributed by atoms with Crippen LogP contribution in [0.4, 0.5) is 10.1 Å². The lowest BCUT2D eigenvalue weighted by Gasteiger charge is -2.33. The smallest absolute Gasteiger partial charge is 0.243 e. The third-order valence-electron chi connectivity index (χ3n) is 7.03. The summed E-state index contributed by atoms with van der Waals surface area (Å²) in [5, 5.41) is 3.03. The van der Waals surface area contributed by atoms with Crippen molar-refractivity contribution < 1.29 is 27.1 Å². The lowest BCUT2D eigenvalue weighted by atomic mass is 10.0. The fourth-order valence-electron chi connectivity index (χ4n) is 4.60. The Kier molecular flexibility index (Phi) is 11.9. The summed E-state index contributed by atoms with van der Waals surface area (Å²) >= 11 is 0. The molecular weight excluding hydrogens is 557 g/mol. The molecule has 3 aromatic carbocycles. The van der Waals surface area contributed by atoms with Gasteiger partial charge in [-0.2, -0.15) is 0 Å². The second kappa shape index (κ2) is 15.3. The first-order valence-electron chi connectivity index (χ1n) is 14.0. The van der Waals surface area contributed by atoms with Crippen LogP contribution in [0.2, 0.25) is 0 Å². The van der Waals surface area contributed by atoms with E-state index in [4.69, 9.17) is 4.74 Å². The van der Waals surface area contributed by atoms with Gasteiger partial charge in [0.1, 0.15) is 17.6 Å². The molecule has 1 N–H and O–H groups in total. The van der Waals surface area contributed by atoms with Crippen molar-refractivity contribution in [2.75, 3.05) is 24.2 Å². The fourth-order valence-corrected chi connectivity index (χ4v) is 5.57. The van der Waals surface area contributed by atoms with Crippen molar-refractivity contribution in [3.8, 4) is 5.75 Å². The number of nitrogens with zero attached hydrogens (tertiary/aromatic N) is 2. The molecule has 42 heavy (non-hydrogen) atoms. The van der Waals surface area contributed by atoms with Gasteiger partial charge in [0.2, 0.25) is 21.8 Å². The van der Waals surface area contributed by atoms with Crippen LogP contribution in [0.3, 0.4) is 0 Å². The number of carbonyl (C=O) groups excluding carboxylic acids is 2. The van der Waals surface area contributed by atoms with E-state index in [2.05, 4.69) is 5.32 Å². The summed E-state index contributed by atoms with van der Waals surface area (Å²) in [7, 11) is -2.25. The average Bonchev–Trinajstić information content (AvgIpc) is 2.97. The molecule has 0 radical (unpaired) electrons. The summed E-state index contributed by atoms with van der Waals surface area (Å²) in [5.41, 5.74) is 1.60. The monoisotopic (exact) mass is 597 g/mol. The highest BCUT2D eigenvalue weighted by molar-refractivity contribution is 7.92.